The normalized spacial score (nSPS) is 33.4. The van der Waals surface area contributed by atoms with Crippen molar-refractivity contribution in [3.8, 4) is 23.3 Å². The number of aliphatic imine (C=N–C) groups is 1. The number of phenolic OH excluding ortho intramolecular Hbond substituents is 1. The minimum Gasteiger partial charge on any atom is -0.504 e. The number of aliphatic hydroxyl groups is 1. The molecular weight excluding hydrogens is 845 g/mol. The van der Waals surface area contributed by atoms with Crippen molar-refractivity contribution in [2.24, 2.45) is 39.1 Å². The number of esters is 1. The lowest BCUT2D eigenvalue weighted by Gasteiger charge is -2.44. The molecule has 350 valence electrons. The number of nitrogens with one attached hydrogen (secondary N) is 2. The van der Waals surface area contributed by atoms with Gasteiger partial charge in [-0.05, 0) is 126 Å². The number of carbonyl (C=O) groups excluding carboxylic acids is 2. The van der Waals surface area contributed by atoms with Crippen molar-refractivity contribution < 1.29 is 29.3 Å². The highest BCUT2D eigenvalue weighted by molar-refractivity contribution is 8.77. The fourth-order valence-corrected chi connectivity index (χ4v) is 15.6. The van der Waals surface area contributed by atoms with Gasteiger partial charge in [-0.15, -0.1) is 5.92 Å². The second-order valence-electron chi connectivity index (χ2n) is 20.1. The maximum absolute atomic E-state index is 14.6. The monoisotopic (exact) mass is 916 g/mol. The highest BCUT2D eigenvalue weighted by Gasteiger charge is 2.59. The molecule has 64 heavy (non-hydrogen) atoms. The van der Waals surface area contributed by atoms with Crippen LogP contribution in [0, 0.1) is 34.5 Å². The molecule has 7 aliphatic rings. The zero-order chi connectivity index (χ0) is 44.7. The number of ether oxygens (including phenoxy) is 2. The van der Waals surface area contributed by atoms with Gasteiger partial charge in [-0.3, -0.25) is 14.6 Å². The largest absolute Gasteiger partial charge is 0.504 e. The van der Waals surface area contributed by atoms with Crippen LogP contribution in [0.5, 0.6) is 11.5 Å². The van der Waals surface area contributed by atoms with E-state index in [0.29, 0.717) is 80.7 Å². The average Bonchev–Trinajstić information content (AvgIpc) is 4.05. The molecule has 8 rings (SSSR count). The Hall–Kier alpha value is -3.67. The molecule has 1 saturated heterocycles. The molecule has 4 aliphatic heterocycles. The maximum Gasteiger partial charge on any atom is 0.302 e. The van der Waals surface area contributed by atoms with Crippen molar-refractivity contribution in [2.45, 2.75) is 171 Å². The van der Waals surface area contributed by atoms with E-state index in [1.807, 2.05) is 44.7 Å². The number of allylic oxidation sites excluding steroid dienone is 2. The molecule has 2 spiro atoms. The Morgan fingerprint density at radius 2 is 1.86 bits per heavy atom. The highest BCUT2D eigenvalue weighted by Crippen LogP contribution is 2.64. The number of hydrogen-bond acceptors (Lipinski definition) is 13. The van der Waals surface area contributed by atoms with Gasteiger partial charge >= 0.3 is 5.97 Å². The first kappa shape index (κ1) is 46.8. The van der Waals surface area contributed by atoms with E-state index >= 15 is 0 Å². The summed E-state index contributed by atoms with van der Waals surface area (Å²) in [6.45, 7) is 3.01. The quantitative estimate of drug-likeness (QED) is 0.0963. The van der Waals surface area contributed by atoms with Gasteiger partial charge in [0.25, 0.3) is 0 Å². The molecule has 4 heterocycles. The van der Waals surface area contributed by atoms with Crippen LogP contribution in [0.4, 0.5) is 0 Å². The Balaban J connectivity index is 1.15. The SMILES string of the molecule is CC(=O)OC1CCc2cc(c(O)c(OC3CCCC3)c2)CN2CC(CC3=CCNC(N)=C3)(CC2=O)C2C#CCC3CCC4(CCCC4(NC(N)=NC2)SSCCCCCCC(O)C1)C3. The molecule has 7 unspecified atom stereocenters. The summed E-state index contributed by atoms with van der Waals surface area (Å²) in [5.41, 5.74) is 15.4. The van der Waals surface area contributed by atoms with E-state index in [-0.39, 0.29) is 52.9 Å². The molecule has 0 aromatic heterocycles. The summed E-state index contributed by atoms with van der Waals surface area (Å²) in [6, 6.07) is 3.87. The average molecular weight is 917 g/mol. The number of aliphatic hydroxyl groups excluding tert-OH is 1. The van der Waals surface area contributed by atoms with E-state index in [4.69, 9.17) is 25.9 Å². The molecule has 8 bridgehead atoms. The molecule has 12 nitrogen and oxygen atoms in total. The number of phenols is 1. The van der Waals surface area contributed by atoms with Gasteiger partial charge in [0.15, 0.2) is 17.5 Å². The van der Waals surface area contributed by atoms with Gasteiger partial charge in [-0.25, -0.2) is 0 Å². The smallest absolute Gasteiger partial charge is 0.302 e. The second kappa shape index (κ2) is 20.9. The fraction of sp³-hybridized carbons (Fsp3) is 0.700. The van der Waals surface area contributed by atoms with E-state index in [0.717, 1.165) is 107 Å². The topological polar surface area (TPSA) is 185 Å². The first-order chi connectivity index (χ1) is 30.9. The third-order valence-corrected chi connectivity index (χ3v) is 18.7. The van der Waals surface area contributed by atoms with Crippen LogP contribution >= 0.6 is 21.6 Å². The molecule has 14 heteroatoms. The predicted octanol–water partition coefficient (Wildman–Crippen LogP) is 7.71. The van der Waals surface area contributed by atoms with Crippen molar-refractivity contribution in [3.05, 3.63) is 46.8 Å². The molecule has 3 aliphatic carbocycles. The molecule has 1 amide bonds. The Morgan fingerprint density at radius 3 is 2.69 bits per heavy atom. The molecule has 8 N–H and O–H groups in total. The zero-order valence-electron chi connectivity index (χ0n) is 38.0. The van der Waals surface area contributed by atoms with Crippen molar-refractivity contribution in [3.63, 3.8) is 0 Å². The lowest BCUT2D eigenvalue weighted by atomic mass is 9.70. The summed E-state index contributed by atoms with van der Waals surface area (Å²) in [7, 11) is 3.94. The van der Waals surface area contributed by atoms with Gasteiger partial charge in [0.05, 0.1) is 24.6 Å². The van der Waals surface area contributed by atoms with E-state index in [1.165, 1.54) is 13.3 Å². The maximum atomic E-state index is 14.6. The van der Waals surface area contributed by atoms with Gasteiger partial charge in [0, 0.05) is 73.9 Å². The fourth-order valence-electron chi connectivity index (χ4n) is 12.1. The molecular formula is C50H72N6O6S2. The third kappa shape index (κ3) is 11.1. The Kier molecular flexibility index (Phi) is 15.3. The van der Waals surface area contributed by atoms with Gasteiger partial charge in [-0.1, -0.05) is 58.9 Å². The minimum atomic E-state index is -0.605. The second-order valence-corrected chi connectivity index (χ2v) is 22.8. The summed E-state index contributed by atoms with van der Waals surface area (Å²) in [6.07, 6.45) is 21.8. The molecule has 0 radical (unpaired) electrons. The summed E-state index contributed by atoms with van der Waals surface area (Å²) in [5.74, 6) is 9.86. The van der Waals surface area contributed by atoms with Crippen LogP contribution in [0.1, 0.15) is 146 Å². The van der Waals surface area contributed by atoms with Gasteiger partial charge in [0.1, 0.15) is 11.0 Å². The van der Waals surface area contributed by atoms with E-state index in [1.54, 1.807) is 0 Å². The number of rotatable bonds is 5. The van der Waals surface area contributed by atoms with E-state index in [9.17, 15) is 19.8 Å². The summed E-state index contributed by atoms with van der Waals surface area (Å²) < 4.78 is 12.3. The highest BCUT2D eigenvalue weighted by atomic mass is 33.1. The number of benzene rings is 1. The first-order valence-corrected chi connectivity index (χ1v) is 26.7. The number of hydrogen-bond donors (Lipinski definition) is 6. The number of carbonyl (C=O) groups is 2. The van der Waals surface area contributed by atoms with Crippen LogP contribution in [0.15, 0.2) is 40.7 Å². The number of nitrogens with zero attached hydrogens (tertiary/aromatic N) is 2. The van der Waals surface area contributed by atoms with Crippen molar-refractivity contribution in [2.75, 3.05) is 25.4 Å². The summed E-state index contributed by atoms with van der Waals surface area (Å²) in [5, 5.41) is 30.2. The van der Waals surface area contributed by atoms with Crippen LogP contribution in [-0.2, 0) is 27.3 Å². The summed E-state index contributed by atoms with van der Waals surface area (Å²) in [4.78, 5) is 33.6. The molecule has 1 aromatic rings. The number of amides is 1. The third-order valence-electron chi connectivity index (χ3n) is 15.4. The van der Waals surface area contributed by atoms with Crippen molar-refractivity contribution in [1.29, 1.82) is 0 Å². The standard InChI is InChI=1S/C50H72N6O6S2/c1-34(57)61-42-16-15-36-24-38(46(60)43(25-36)62-41-13-5-6-14-41)32-56-33-48(30-45(56)59,28-37-18-22-53-44(51)26-37)39-11-8-10-35-17-21-49(29-35)19-9-20-50(49,55-47(52)54-31-39)64-63-23-7-3-2-4-12-40(58)27-42/h18,24-26,35,39-42,53,58,60H,2-7,9-10,12-17,19-23,27-33,51H2,1H3,(H3,52,54,55). The molecule has 3 saturated carbocycles. The van der Waals surface area contributed by atoms with Crippen LogP contribution in [0.3, 0.4) is 0 Å². The molecule has 4 fully saturated rings. The van der Waals surface area contributed by atoms with Gasteiger partial charge in [-0.2, -0.15) is 0 Å². The number of fused-ring (bicyclic) bond motifs is 9. The number of dihydropyridines is 1. The van der Waals surface area contributed by atoms with Crippen molar-refractivity contribution in [1.82, 2.24) is 15.5 Å². The van der Waals surface area contributed by atoms with Gasteiger partial charge in [0.2, 0.25) is 5.91 Å². The van der Waals surface area contributed by atoms with Crippen LogP contribution in [-0.4, -0.2) is 81.5 Å². The minimum absolute atomic E-state index is 0.00211. The number of nitrogens with two attached hydrogens (primary N) is 2. The van der Waals surface area contributed by atoms with E-state index < -0.39 is 17.6 Å². The lowest BCUT2D eigenvalue weighted by molar-refractivity contribution is -0.148. The predicted molar refractivity (Wildman–Crippen MR) is 256 cm³/mol. The Bertz CT molecular complexity index is 2010. The van der Waals surface area contributed by atoms with E-state index in [2.05, 4.69) is 28.6 Å². The number of aromatic hydroxyl groups is 1. The first-order valence-electron chi connectivity index (χ1n) is 24.3. The Labute approximate surface area is 388 Å². The number of aryl methyl sites for hydroxylation is 1. The van der Waals surface area contributed by atoms with Crippen LogP contribution in [0.2, 0.25) is 0 Å². The lowest BCUT2D eigenvalue weighted by Crippen LogP contribution is -2.56. The van der Waals surface area contributed by atoms with Gasteiger partial charge < -0.3 is 46.7 Å². The van der Waals surface area contributed by atoms with Crippen LogP contribution < -0.4 is 26.8 Å². The summed E-state index contributed by atoms with van der Waals surface area (Å²) >= 11 is 0. The van der Waals surface area contributed by atoms with Crippen molar-refractivity contribution >= 4 is 39.4 Å². The Morgan fingerprint density at radius 1 is 1.03 bits per heavy atom. The molecule has 1 aromatic carbocycles. The molecule has 7 atom stereocenters. The van der Waals surface area contributed by atoms with Crippen LogP contribution in [0.25, 0.3) is 0 Å². The number of guanidine groups is 1. The zero-order valence-corrected chi connectivity index (χ0v) is 39.6.